The maximum absolute atomic E-state index is 4.69. The van der Waals surface area contributed by atoms with Crippen LogP contribution in [0.25, 0.3) is 0 Å². The summed E-state index contributed by atoms with van der Waals surface area (Å²) >= 11 is 1.50. The van der Waals surface area contributed by atoms with Gasteiger partial charge in [-0.1, -0.05) is 13.0 Å². The van der Waals surface area contributed by atoms with Crippen molar-refractivity contribution in [2.45, 2.75) is 19.9 Å². The van der Waals surface area contributed by atoms with Crippen LogP contribution >= 0.6 is 35.5 Å². The van der Waals surface area contributed by atoms with E-state index in [0.717, 1.165) is 88.1 Å². The summed E-state index contributed by atoms with van der Waals surface area (Å²) < 4.78 is 4.42. The zero-order valence-corrected chi connectivity index (χ0v) is 22.3. The third-order valence-electron chi connectivity index (χ3n) is 5.94. The number of pyridine rings is 1. The van der Waals surface area contributed by atoms with Crippen LogP contribution in [0.5, 0.6) is 0 Å². The first-order chi connectivity index (χ1) is 15.2. The number of piperazine rings is 2. The summed E-state index contributed by atoms with van der Waals surface area (Å²) in [6.07, 6.45) is 2.78. The quantitative estimate of drug-likeness (QED) is 0.331. The number of halogens is 1. The van der Waals surface area contributed by atoms with E-state index in [9.17, 15) is 0 Å². The minimum atomic E-state index is 0. The van der Waals surface area contributed by atoms with E-state index in [1.54, 1.807) is 0 Å². The molecule has 2 aliphatic rings. The molecule has 0 spiro atoms. The van der Waals surface area contributed by atoms with Crippen molar-refractivity contribution in [3.63, 3.8) is 0 Å². The number of nitrogens with zero attached hydrogens (tertiary/aromatic N) is 8. The molecule has 0 aliphatic carbocycles. The molecule has 1 N–H and O–H groups in total. The number of nitrogens with one attached hydrogen (secondary N) is 1. The second-order valence-electron chi connectivity index (χ2n) is 8.00. The van der Waals surface area contributed by atoms with E-state index in [4.69, 9.17) is 4.98 Å². The Hall–Kier alpha value is -1.73. The molecule has 2 aromatic heterocycles. The molecule has 0 aromatic carbocycles. The average Bonchev–Trinajstić information content (AvgIpc) is 3.30. The molecule has 176 valence electrons. The molecular formula is C21H34IN9S. The van der Waals surface area contributed by atoms with Gasteiger partial charge in [-0.2, -0.15) is 4.37 Å². The summed E-state index contributed by atoms with van der Waals surface area (Å²) in [6, 6.07) is 4.18. The molecule has 4 rings (SSSR count). The Labute approximate surface area is 212 Å². The highest BCUT2D eigenvalue weighted by Crippen LogP contribution is 2.20. The van der Waals surface area contributed by atoms with Crippen molar-refractivity contribution in [1.82, 2.24) is 29.5 Å². The molecule has 0 bridgehead atoms. The molecule has 0 radical (unpaired) electrons. The van der Waals surface area contributed by atoms with Crippen LogP contribution < -0.4 is 15.1 Å². The topological polar surface area (TPSA) is 76.0 Å². The van der Waals surface area contributed by atoms with E-state index < -0.39 is 0 Å². The van der Waals surface area contributed by atoms with Crippen LogP contribution in [0.4, 0.5) is 10.9 Å². The van der Waals surface area contributed by atoms with Gasteiger partial charge in [-0.15, -0.1) is 24.0 Å². The van der Waals surface area contributed by atoms with Crippen LogP contribution in [0.3, 0.4) is 0 Å². The molecule has 4 heterocycles. The number of aliphatic imine (C=N–C) groups is 1. The molecule has 0 saturated carbocycles. The maximum atomic E-state index is 4.69. The number of anilines is 2. The Kier molecular flexibility index (Phi) is 9.29. The average molecular weight is 572 g/mol. The Bertz CT molecular complexity index is 874. The summed E-state index contributed by atoms with van der Waals surface area (Å²) in [5.74, 6) is 2.97. The van der Waals surface area contributed by atoms with Crippen molar-refractivity contribution >= 4 is 52.4 Å². The maximum Gasteiger partial charge on any atom is 0.205 e. The number of hydrogen-bond acceptors (Lipinski definition) is 8. The van der Waals surface area contributed by atoms with E-state index in [-0.39, 0.29) is 24.0 Å². The Morgan fingerprint density at radius 2 is 1.81 bits per heavy atom. The van der Waals surface area contributed by atoms with Crippen LogP contribution in [0.2, 0.25) is 0 Å². The van der Waals surface area contributed by atoms with Gasteiger partial charge in [-0.05, 0) is 13.1 Å². The lowest BCUT2D eigenvalue weighted by Crippen LogP contribution is -2.52. The van der Waals surface area contributed by atoms with E-state index in [1.807, 2.05) is 19.3 Å². The standard InChI is InChI=1S/C21H33N9S.HI/c1-4-18-25-21(31-26-18)30-14-12-29(13-15-30)20(22-2)24-16-17-6-5-7-23-19(17)28-10-8-27(3)9-11-28;/h5-7H,4,8-16H2,1-3H3,(H,22,24);1H. The fourth-order valence-electron chi connectivity index (χ4n) is 4.00. The van der Waals surface area contributed by atoms with Gasteiger partial charge in [-0.3, -0.25) is 4.99 Å². The SMILES string of the molecule is CCc1nsc(N2CCN(C(=NC)NCc3cccnc3N3CCN(C)CC3)CC2)n1.I. The summed E-state index contributed by atoms with van der Waals surface area (Å²) in [6.45, 7) is 10.7. The second kappa shape index (κ2) is 11.9. The predicted molar refractivity (Wildman–Crippen MR) is 143 cm³/mol. The van der Waals surface area contributed by atoms with Crippen LogP contribution in [0, 0.1) is 0 Å². The van der Waals surface area contributed by atoms with Gasteiger partial charge in [-0.25, -0.2) is 9.97 Å². The summed E-state index contributed by atoms with van der Waals surface area (Å²) in [5, 5.41) is 4.60. The minimum absolute atomic E-state index is 0. The highest BCUT2D eigenvalue weighted by molar-refractivity contribution is 14.0. The molecule has 0 unspecified atom stereocenters. The lowest BCUT2D eigenvalue weighted by atomic mass is 10.2. The van der Waals surface area contributed by atoms with Crippen LogP contribution in [-0.2, 0) is 13.0 Å². The van der Waals surface area contributed by atoms with E-state index in [1.165, 1.54) is 17.1 Å². The number of rotatable bonds is 5. The largest absolute Gasteiger partial charge is 0.354 e. The number of aromatic nitrogens is 3. The fourth-order valence-corrected chi connectivity index (χ4v) is 4.81. The van der Waals surface area contributed by atoms with Crippen molar-refractivity contribution in [2.75, 3.05) is 76.3 Å². The highest BCUT2D eigenvalue weighted by atomic mass is 127. The summed E-state index contributed by atoms with van der Waals surface area (Å²) in [5.41, 5.74) is 1.22. The molecule has 11 heteroatoms. The van der Waals surface area contributed by atoms with Gasteiger partial charge >= 0.3 is 0 Å². The number of likely N-dealkylation sites (N-methyl/N-ethyl adjacent to an activating group) is 1. The Morgan fingerprint density at radius 1 is 1.09 bits per heavy atom. The minimum Gasteiger partial charge on any atom is -0.354 e. The van der Waals surface area contributed by atoms with Crippen molar-refractivity contribution < 1.29 is 0 Å². The molecule has 2 saturated heterocycles. The van der Waals surface area contributed by atoms with Gasteiger partial charge in [0.2, 0.25) is 5.13 Å². The predicted octanol–water partition coefficient (Wildman–Crippen LogP) is 1.76. The van der Waals surface area contributed by atoms with E-state index >= 15 is 0 Å². The smallest absolute Gasteiger partial charge is 0.205 e. The second-order valence-corrected chi connectivity index (χ2v) is 8.73. The molecule has 2 aromatic rings. The molecule has 2 fully saturated rings. The van der Waals surface area contributed by atoms with Crippen molar-refractivity contribution in [2.24, 2.45) is 4.99 Å². The van der Waals surface area contributed by atoms with Gasteiger partial charge < -0.3 is 24.9 Å². The van der Waals surface area contributed by atoms with Gasteiger partial charge in [0, 0.05) is 95.7 Å². The first-order valence-corrected chi connectivity index (χ1v) is 11.9. The number of aryl methyl sites for hydroxylation is 1. The molecule has 0 atom stereocenters. The number of hydrogen-bond donors (Lipinski definition) is 1. The molecule has 32 heavy (non-hydrogen) atoms. The van der Waals surface area contributed by atoms with E-state index in [0.29, 0.717) is 0 Å². The normalized spacial score (nSPS) is 18.0. The van der Waals surface area contributed by atoms with Gasteiger partial charge in [0.25, 0.3) is 0 Å². The highest BCUT2D eigenvalue weighted by Gasteiger charge is 2.23. The monoisotopic (exact) mass is 571 g/mol. The molecule has 2 aliphatic heterocycles. The Balaban J connectivity index is 0.00000289. The zero-order chi connectivity index (χ0) is 21.6. The first kappa shape index (κ1) is 24.9. The lowest BCUT2D eigenvalue weighted by molar-refractivity contribution is 0.311. The van der Waals surface area contributed by atoms with Crippen molar-refractivity contribution in [3.8, 4) is 0 Å². The molecule has 9 nitrogen and oxygen atoms in total. The van der Waals surface area contributed by atoms with Crippen LogP contribution in [0.15, 0.2) is 23.3 Å². The molecular weight excluding hydrogens is 537 g/mol. The van der Waals surface area contributed by atoms with Gasteiger partial charge in [0.15, 0.2) is 5.96 Å². The Morgan fingerprint density at radius 3 is 2.47 bits per heavy atom. The van der Waals surface area contributed by atoms with Gasteiger partial charge in [0.1, 0.15) is 11.6 Å². The summed E-state index contributed by atoms with van der Waals surface area (Å²) in [7, 11) is 4.04. The molecule has 0 amide bonds. The summed E-state index contributed by atoms with van der Waals surface area (Å²) in [4.78, 5) is 23.3. The van der Waals surface area contributed by atoms with Crippen LogP contribution in [0.1, 0.15) is 18.3 Å². The van der Waals surface area contributed by atoms with Crippen molar-refractivity contribution in [3.05, 3.63) is 29.7 Å². The third kappa shape index (κ3) is 5.98. The fraction of sp³-hybridized carbons (Fsp3) is 0.619. The van der Waals surface area contributed by atoms with Crippen LogP contribution in [-0.4, -0.2) is 96.6 Å². The lowest BCUT2D eigenvalue weighted by Gasteiger charge is -2.36. The number of guanidine groups is 1. The van der Waals surface area contributed by atoms with Gasteiger partial charge in [0.05, 0.1) is 0 Å². The van der Waals surface area contributed by atoms with E-state index in [2.05, 4.69) is 59.3 Å². The van der Waals surface area contributed by atoms with Crippen molar-refractivity contribution in [1.29, 1.82) is 0 Å². The zero-order valence-electron chi connectivity index (χ0n) is 19.2. The third-order valence-corrected chi connectivity index (χ3v) is 6.76. The first-order valence-electron chi connectivity index (χ1n) is 11.1.